The van der Waals surface area contributed by atoms with Gasteiger partial charge in [-0.1, -0.05) is 13.0 Å². The van der Waals surface area contributed by atoms with Crippen molar-refractivity contribution in [2.75, 3.05) is 7.11 Å². The van der Waals surface area contributed by atoms with Gasteiger partial charge in [0, 0.05) is 0 Å². The van der Waals surface area contributed by atoms with Crippen LogP contribution in [0.3, 0.4) is 0 Å². The molecule has 0 spiro atoms. The maximum Gasteiger partial charge on any atom is 0.165 e. The predicted molar refractivity (Wildman–Crippen MR) is 70.5 cm³/mol. The van der Waals surface area contributed by atoms with E-state index in [0.717, 1.165) is 12.8 Å². The minimum absolute atomic E-state index is 0.139. The van der Waals surface area contributed by atoms with Crippen LogP contribution in [0.2, 0.25) is 0 Å². The summed E-state index contributed by atoms with van der Waals surface area (Å²) in [4.78, 5) is 0. The fraction of sp³-hybridized carbons (Fsp3) is 0.600. The summed E-state index contributed by atoms with van der Waals surface area (Å²) in [7, 11) is 1.39. The van der Waals surface area contributed by atoms with Crippen molar-refractivity contribution in [1.29, 1.82) is 0 Å². The second-order valence-electron chi connectivity index (χ2n) is 5.58. The summed E-state index contributed by atoms with van der Waals surface area (Å²) >= 11 is 0. The zero-order valence-electron chi connectivity index (χ0n) is 11.4. The Morgan fingerprint density at radius 1 is 1.37 bits per heavy atom. The molecule has 106 valence electrons. The van der Waals surface area contributed by atoms with Gasteiger partial charge in [0.2, 0.25) is 0 Å². The lowest BCUT2D eigenvalue weighted by atomic mass is 9.75. The Morgan fingerprint density at radius 2 is 2.00 bits per heavy atom. The summed E-state index contributed by atoms with van der Waals surface area (Å²) in [5, 5.41) is 20.8. The maximum absolute atomic E-state index is 13.6. The molecule has 2 N–H and O–H groups in total. The molecule has 2 rings (SSSR count). The van der Waals surface area contributed by atoms with Gasteiger partial charge in [0.15, 0.2) is 11.6 Å². The molecule has 1 unspecified atom stereocenters. The number of aliphatic hydroxyl groups excluding tert-OH is 1. The summed E-state index contributed by atoms with van der Waals surface area (Å²) in [6.07, 6.45) is 1.80. The van der Waals surface area contributed by atoms with Crippen LogP contribution in [0.4, 0.5) is 4.39 Å². The van der Waals surface area contributed by atoms with Gasteiger partial charge in [0.05, 0.1) is 12.7 Å². The van der Waals surface area contributed by atoms with E-state index in [9.17, 15) is 14.6 Å². The SMILES string of the molecule is COc1ccc(C(O)C2(O)CCC(C)CC2)cc1F. The van der Waals surface area contributed by atoms with Crippen molar-refractivity contribution in [3.8, 4) is 5.75 Å². The van der Waals surface area contributed by atoms with Crippen molar-refractivity contribution in [3.05, 3.63) is 29.6 Å². The van der Waals surface area contributed by atoms with Gasteiger partial charge < -0.3 is 14.9 Å². The van der Waals surface area contributed by atoms with E-state index in [-0.39, 0.29) is 5.75 Å². The van der Waals surface area contributed by atoms with E-state index in [1.165, 1.54) is 19.2 Å². The lowest BCUT2D eigenvalue weighted by Crippen LogP contribution is -2.39. The highest BCUT2D eigenvalue weighted by molar-refractivity contribution is 5.31. The van der Waals surface area contributed by atoms with E-state index in [0.29, 0.717) is 24.3 Å². The molecule has 1 aliphatic carbocycles. The van der Waals surface area contributed by atoms with E-state index in [2.05, 4.69) is 6.92 Å². The molecule has 1 saturated carbocycles. The highest BCUT2D eigenvalue weighted by Gasteiger charge is 2.39. The van der Waals surface area contributed by atoms with E-state index in [4.69, 9.17) is 4.74 Å². The molecule has 0 saturated heterocycles. The van der Waals surface area contributed by atoms with Gasteiger partial charge in [-0.25, -0.2) is 4.39 Å². The molecule has 1 aromatic rings. The maximum atomic E-state index is 13.6. The molecular formula is C15H21FO3. The second kappa shape index (κ2) is 5.47. The predicted octanol–water partition coefficient (Wildman–Crippen LogP) is 2.81. The zero-order chi connectivity index (χ0) is 14.0. The average Bonchev–Trinajstić information content (AvgIpc) is 2.41. The highest BCUT2D eigenvalue weighted by atomic mass is 19.1. The van der Waals surface area contributed by atoms with Crippen LogP contribution in [0, 0.1) is 11.7 Å². The fourth-order valence-electron chi connectivity index (χ4n) is 2.70. The first-order chi connectivity index (χ1) is 8.96. The van der Waals surface area contributed by atoms with Crippen LogP contribution in [0.5, 0.6) is 5.75 Å². The third-order valence-electron chi connectivity index (χ3n) is 4.14. The zero-order valence-corrected chi connectivity index (χ0v) is 11.4. The highest BCUT2D eigenvalue weighted by Crippen LogP contribution is 2.40. The van der Waals surface area contributed by atoms with Gasteiger partial charge in [-0.05, 0) is 49.3 Å². The lowest BCUT2D eigenvalue weighted by molar-refractivity contribution is -0.105. The number of ether oxygens (including phenoxy) is 1. The first kappa shape index (κ1) is 14.3. The van der Waals surface area contributed by atoms with Crippen molar-refractivity contribution in [1.82, 2.24) is 0 Å². The summed E-state index contributed by atoms with van der Waals surface area (Å²) < 4.78 is 18.5. The number of hydrogen-bond donors (Lipinski definition) is 2. The normalized spacial score (nSPS) is 29.0. The van der Waals surface area contributed by atoms with Gasteiger partial charge in [-0.2, -0.15) is 0 Å². The van der Waals surface area contributed by atoms with Gasteiger partial charge in [0.25, 0.3) is 0 Å². The van der Waals surface area contributed by atoms with Gasteiger partial charge >= 0.3 is 0 Å². The number of halogens is 1. The summed E-state index contributed by atoms with van der Waals surface area (Å²) in [5.41, 5.74) is -0.747. The molecule has 19 heavy (non-hydrogen) atoms. The molecule has 1 aliphatic rings. The lowest BCUT2D eigenvalue weighted by Gasteiger charge is -2.38. The number of hydrogen-bond acceptors (Lipinski definition) is 3. The largest absolute Gasteiger partial charge is 0.494 e. The molecule has 4 heteroatoms. The summed E-state index contributed by atoms with van der Waals surface area (Å²) in [5.74, 6) is 0.187. The molecule has 0 heterocycles. The van der Waals surface area contributed by atoms with E-state index in [1.807, 2.05) is 0 Å². The summed E-state index contributed by atoms with van der Waals surface area (Å²) in [6.45, 7) is 2.14. The Morgan fingerprint density at radius 3 is 2.53 bits per heavy atom. The minimum Gasteiger partial charge on any atom is -0.494 e. The van der Waals surface area contributed by atoms with E-state index < -0.39 is 17.5 Å². The van der Waals surface area contributed by atoms with E-state index in [1.54, 1.807) is 6.07 Å². The monoisotopic (exact) mass is 268 g/mol. The van der Waals surface area contributed by atoms with Crippen molar-refractivity contribution in [3.63, 3.8) is 0 Å². The molecule has 0 radical (unpaired) electrons. The fourth-order valence-corrected chi connectivity index (χ4v) is 2.70. The topological polar surface area (TPSA) is 49.7 Å². The van der Waals surface area contributed by atoms with Crippen LogP contribution >= 0.6 is 0 Å². The number of benzene rings is 1. The Bertz CT molecular complexity index is 439. The Hall–Kier alpha value is -1.13. The van der Waals surface area contributed by atoms with Crippen molar-refractivity contribution >= 4 is 0 Å². The molecule has 0 aliphatic heterocycles. The molecule has 1 aromatic carbocycles. The molecule has 3 nitrogen and oxygen atoms in total. The van der Waals surface area contributed by atoms with Gasteiger partial charge in [-0.15, -0.1) is 0 Å². The average molecular weight is 268 g/mol. The summed E-state index contributed by atoms with van der Waals surface area (Å²) in [6, 6.07) is 4.31. The number of aliphatic hydroxyl groups is 2. The molecule has 1 fully saturated rings. The van der Waals surface area contributed by atoms with Gasteiger partial charge in [0.1, 0.15) is 6.10 Å². The second-order valence-corrected chi connectivity index (χ2v) is 5.58. The van der Waals surface area contributed by atoms with E-state index >= 15 is 0 Å². The Labute approximate surface area is 113 Å². The first-order valence-electron chi connectivity index (χ1n) is 6.70. The molecule has 1 atom stereocenters. The Balaban J connectivity index is 2.19. The molecule has 0 amide bonds. The molecule has 0 bridgehead atoms. The standard InChI is InChI=1S/C15H21FO3/c1-10-5-7-15(18,8-6-10)14(17)11-3-4-13(19-2)12(16)9-11/h3-4,9-10,14,17-18H,5-8H2,1-2H3. The van der Waals surface area contributed by atoms with Crippen LogP contribution < -0.4 is 4.74 Å². The van der Waals surface area contributed by atoms with Crippen LogP contribution in [-0.2, 0) is 0 Å². The smallest absolute Gasteiger partial charge is 0.165 e. The minimum atomic E-state index is -1.15. The van der Waals surface area contributed by atoms with Gasteiger partial charge in [-0.3, -0.25) is 0 Å². The van der Waals surface area contributed by atoms with Crippen molar-refractivity contribution in [2.45, 2.75) is 44.3 Å². The van der Waals surface area contributed by atoms with Crippen molar-refractivity contribution < 1.29 is 19.3 Å². The first-order valence-corrected chi connectivity index (χ1v) is 6.70. The molecule has 0 aromatic heterocycles. The van der Waals surface area contributed by atoms with Crippen molar-refractivity contribution in [2.24, 2.45) is 5.92 Å². The number of methoxy groups -OCH3 is 1. The Kier molecular flexibility index (Phi) is 4.11. The third-order valence-corrected chi connectivity index (χ3v) is 4.14. The van der Waals surface area contributed by atoms with Crippen LogP contribution in [0.25, 0.3) is 0 Å². The van der Waals surface area contributed by atoms with Crippen LogP contribution in [0.15, 0.2) is 18.2 Å². The molecular weight excluding hydrogens is 247 g/mol. The quantitative estimate of drug-likeness (QED) is 0.886. The number of rotatable bonds is 3. The third kappa shape index (κ3) is 2.90. The van der Waals surface area contributed by atoms with Crippen LogP contribution in [-0.4, -0.2) is 22.9 Å². The van der Waals surface area contributed by atoms with Crippen LogP contribution in [0.1, 0.15) is 44.3 Å².